The second-order valence-electron chi connectivity index (χ2n) is 10.2. The zero-order chi connectivity index (χ0) is 26.5. The molecule has 5 rings (SSSR count). The number of aryl methyl sites for hydroxylation is 1. The van der Waals surface area contributed by atoms with Crippen LogP contribution in [0.3, 0.4) is 0 Å². The third-order valence-electron chi connectivity index (χ3n) is 7.67. The number of piperidine rings is 2. The van der Waals surface area contributed by atoms with Gasteiger partial charge in [0, 0.05) is 34.8 Å². The van der Waals surface area contributed by atoms with Crippen LogP contribution in [-0.4, -0.2) is 65.2 Å². The summed E-state index contributed by atoms with van der Waals surface area (Å²) in [5.41, 5.74) is 5.20. The van der Waals surface area contributed by atoms with E-state index in [4.69, 9.17) is 4.74 Å². The number of fused-ring (bicyclic) bond motifs is 1. The molecule has 2 aliphatic rings. The number of aromatic nitrogens is 1. The van der Waals surface area contributed by atoms with Gasteiger partial charge in [-0.3, -0.25) is 24.7 Å². The summed E-state index contributed by atoms with van der Waals surface area (Å²) in [7, 11) is 0. The van der Waals surface area contributed by atoms with Gasteiger partial charge in [0.25, 0.3) is 5.91 Å². The van der Waals surface area contributed by atoms with Gasteiger partial charge in [-0.2, -0.15) is 0 Å². The highest BCUT2D eigenvalue weighted by molar-refractivity contribution is 5.95. The van der Waals surface area contributed by atoms with Crippen molar-refractivity contribution in [3.05, 3.63) is 71.4 Å². The molecule has 9 nitrogen and oxygen atoms in total. The Balaban J connectivity index is 1.23. The average Bonchev–Trinajstić information content (AvgIpc) is 2.96. The van der Waals surface area contributed by atoms with Gasteiger partial charge in [-0.1, -0.05) is 18.2 Å². The van der Waals surface area contributed by atoms with Crippen LogP contribution in [0.1, 0.15) is 40.9 Å². The molecule has 9 heteroatoms. The van der Waals surface area contributed by atoms with Crippen LogP contribution in [-0.2, 0) is 11.4 Å². The standard InChI is InChI=1S/C29H35N5O4/c1-19-16-21(24-4-2-3-5-26(24)31-19)18-38-23-8-6-20(7-9-23)28(35)32-27-17-34(22-10-13-30-14-11-22)15-12-25(27)29(36)33-37/h2-9,16,22,25,27,30,37H,10-15,17-18H2,1H3,(H,32,35)(H,33,36)/t25-,27+/m0/s1. The van der Waals surface area contributed by atoms with Gasteiger partial charge in [-0.15, -0.1) is 0 Å². The summed E-state index contributed by atoms with van der Waals surface area (Å²) in [6, 6.07) is 17.1. The molecule has 200 valence electrons. The van der Waals surface area contributed by atoms with E-state index in [-0.39, 0.29) is 5.91 Å². The van der Waals surface area contributed by atoms with E-state index < -0.39 is 17.9 Å². The number of hydrogen-bond donors (Lipinski definition) is 4. The molecule has 2 atom stereocenters. The third-order valence-corrected chi connectivity index (χ3v) is 7.67. The lowest BCUT2D eigenvalue weighted by Gasteiger charge is -2.43. The quantitative estimate of drug-likeness (QED) is 0.281. The Labute approximate surface area is 222 Å². The number of pyridine rings is 1. The van der Waals surface area contributed by atoms with Crippen molar-refractivity contribution in [2.24, 2.45) is 5.92 Å². The van der Waals surface area contributed by atoms with Gasteiger partial charge in [-0.25, -0.2) is 5.48 Å². The Bertz CT molecular complexity index is 1280. The maximum atomic E-state index is 13.1. The summed E-state index contributed by atoms with van der Waals surface area (Å²) >= 11 is 0. The van der Waals surface area contributed by atoms with Crippen molar-refractivity contribution in [3.8, 4) is 5.75 Å². The molecule has 2 aromatic carbocycles. The maximum absolute atomic E-state index is 13.1. The van der Waals surface area contributed by atoms with E-state index in [9.17, 15) is 14.8 Å². The minimum atomic E-state index is -0.483. The molecule has 0 spiro atoms. The van der Waals surface area contributed by atoms with Gasteiger partial charge in [0.1, 0.15) is 12.4 Å². The Hall–Kier alpha value is -3.53. The number of hydroxylamine groups is 1. The van der Waals surface area contributed by atoms with Crippen LogP contribution in [0.4, 0.5) is 0 Å². The normalized spacial score (nSPS) is 20.7. The molecular weight excluding hydrogens is 482 g/mol. The highest BCUT2D eigenvalue weighted by Crippen LogP contribution is 2.24. The van der Waals surface area contributed by atoms with Gasteiger partial charge in [-0.05, 0) is 82.2 Å². The summed E-state index contributed by atoms with van der Waals surface area (Å²) in [6.45, 7) is 5.66. The minimum Gasteiger partial charge on any atom is -0.489 e. The number of nitrogens with one attached hydrogen (secondary N) is 3. The van der Waals surface area contributed by atoms with E-state index in [2.05, 4.69) is 20.5 Å². The highest BCUT2D eigenvalue weighted by atomic mass is 16.5. The molecular formula is C29H35N5O4. The zero-order valence-electron chi connectivity index (χ0n) is 21.7. The molecule has 2 saturated heterocycles. The van der Waals surface area contributed by atoms with E-state index in [1.165, 1.54) is 0 Å². The second kappa shape index (κ2) is 11.9. The number of para-hydroxylation sites is 1. The lowest BCUT2D eigenvalue weighted by atomic mass is 9.88. The topological polar surface area (TPSA) is 116 Å². The summed E-state index contributed by atoms with van der Waals surface area (Å²) in [6.07, 6.45) is 2.68. The first-order valence-electron chi connectivity index (χ1n) is 13.3. The van der Waals surface area contributed by atoms with Crippen molar-refractivity contribution in [2.75, 3.05) is 26.2 Å². The number of carbonyl (C=O) groups is 2. The van der Waals surface area contributed by atoms with E-state index in [1.54, 1.807) is 29.7 Å². The highest BCUT2D eigenvalue weighted by Gasteiger charge is 2.37. The van der Waals surface area contributed by atoms with Crippen LogP contribution in [0, 0.1) is 12.8 Å². The number of ether oxygens (including phenoxy) is 1. The van der Waals surface area contributed by atoms with Crippen molar-refractivity contribution in [1.29, 1.82) is 0 Å². The van der Waals surface area contributed by atoms with Crippen molar-refractivity contribution in [1.82, 2.24) is 26.0 Å². The van der Waals surface area contributed by atoms with Crippen molar-refractivity contribution < 1.29 is 19.5 Å². The molecule has 0 unspecified atom stereocenters. The van der Waals surface area contributed by atoms with Gasteiger partial charge in [0.15, 0.2) is 0 Å². The molecule has 38 heavy (non-hydrogen) atoms. The van der Waals surface area contributed by atoms with Crippen LogP contribution in [0.5, 0.6) is 5.75 Å². The van der Waals surface area contributed by atoms with Crippen LogP contribution >= 0.6 is 0 Å². The van der Waals surface area contributed by atoms with E-state index in [1.807, 2.05) is 37.3 Å². The molecule has 1 aromatic heterocycles. The summed E-state index contributed by atoms with van der Waals surface area (Å²) in [5, 5.41) is 16.8. The number of likely N-dealkylation sites (tertiary alicyclic amines) is 1. The molecule has 3 heterocycles. The number of benzene rings is 2. The van der Waals surface area contributed by atoms with Crippen LogP contribution < -0.4 is 20.9 Å². The molecule has 0 saturated carbocycles. The number of carbonyl (C=O) groups excluding carboxylic acids is 2. The molecule has 0 aliphatic carbocycles. The largest absolute Gasteiger partial charge is 0.489 e. The lowest BCUT2D eigenvalue weighted by molar-refractivity contribution is -0.136. The van der Waals surface area contributed by atoms with E-state index in [0.717, 1.165) is 54.6 Å². The molecule has 4 N–H and O–H groups in total. The van der Waals surface area contributed by atoms with Crippen LogP contribution in [0.25, 0.3) is 10.9 Å². The van der Waals surface area contributed by atoms with Crippen molar-refractivity contribution in [3.63, 3.8) is 0 Å². The fraction of sp³-hybridized carbons (Fsp3) is 0.414. The fourth-order valence-corrected chi connectivity index (χ4v) is 5.65. The van der Waals surface area contributed by atoms with Crippen LogP contribution in [0.2, 0.25) is 0 Å². The predicted molar refractivity (Wildman–Crippen MR) is 144 cm³/mol. The molecule has 2 fully saturated rings. The first-order valence-corrected chi connectivity index (χ1v) is 13.3. The Morgan fingerprint density at radius 1 is 1.11 bits per heavy atom. The molecule has 0 radical (unpaired) electrons. The third kappa shape index (κ3) is 5.96. The number of rotatable bonds is 7. The van der Waals surface area contributed by atoms with Gasteiger partial charge >= 0.3 is 0 Å². The second-order valence-corrected chi connectivity index (χ2v) is 10.2. The summed E-state index contributed by atoms with van der Waals surface area (Å²) in [4.78, 5) is 32.4. The zero-order valence-corrected chi connectivity index (χ0v) is 21.7. The molecule has 0 bridgehead atoms. The Morgan fingerprint density at radius 2 is 1.87 bits per heavy atom. The smallest absolute Gasteiger partial charge is 0.251 e. The van der Waals surface area contributed by atoms with Crippen LogP contribution in [0.15, 0.2) is 54.6 Å². The minimum absolute atomic E-state index is 0.250. The first-order chi connectivity index (χ1) is 18.5. The van der Waals surface area contributed by atoms with Crippen molar-refractivity contribution in [2.45, 2.75) is 44.9 Å². The maximum Gasteiger partial charge on any atom is 0.251 e. The van der Waals surface area contributed by atoms with Gasteiger partial charge < -0.3 is 15.4 Å². The monoisotopic (exact) mass is 517 g/mol. The summed E-state index contributed by atoms with van der Waals surface area (Å²) < 4.78 is 6.03. The Kier molecular flexibility index (Phi) is 8.17. The Morgan fingerprint density at radius 3 is 2.63 bits per heavy atom. The number of hydrogen-bond acceptors (Lipinski definition) is 7. The fourth-order valence-electron chi connectivity index (χ4n) is 5.65. The van der Waals surface area contributed by atoms with Gasteiger partial charge in [0.2, 0.25) is 5.91 Å². The predicted octanol–water partition coefficient (Wildman–Crippen LogP) is 2.80. The van der Waals surface area contributed by atoms with Crippen molar-refractivity contribution >= 4 is 22.7 Å². The first kappa shape index (κ1) is 26.1. The number of amides is 2. The lowest BCUT2D eigenvalue weighted by Crippen LogP contribution is -2.59. The van der Waals surface area contributed by atoms with E-state index >= 15 is 0 Å². The van der Waals surface area contributed by atoms with E-state index in [0.29, 0.717) is 36.9 Å². The molecule has 3 aromatic rings. The van der Waals surface area contributed by atoms with Gasteiger partial charge in [0.05, 0.1) is 17.5 Å². The SMILES string of the molecule is Cc1cc(COc2ccc(C(=O)N[C@@H]3CN(C4CCNCC4)CC[C@@H]3C(=O)NO)cc2)c2ccccc2n1. The molecule has 2 aliphatic heterocycles. The summed E-state index contributed by atoms with van der Waals surface area (Å²) in [5.74, 6) is -0.529. The number of nitrogens with zero attached hydrogens (tertiary/aromatic N) is 2. The molecule has 2 amide bonds. The average molecular weight is 518 g/mol.